The molecular weight excluding hydrogens is 568 g/mol. The maximum absolute atomic E-state index is 12.7. The van der Waals surface area contributed by atoms with Crippen LogP contribution < -0.4 is 20.7 Å². The first-order valence-electron chi connectivity index (χ1n) is 12.0. The molecule has 1 N–H and O–H groups in total. The second-order valence-corrected chi connectivity index (χ2v) is 9.47. The third-order valence-electron chi connectivity index (χ3n) is 7.10. The van der Waals surface area contributed by atoms with Crippen molar-refractivity contribution in [2.24, 2.45) is 7.05 Å². The maximum Gasteiger partial charge on any atom is 0.255 e. The Bertz CT molecular complexity index is 1190. The summed E-state index contributed by atoms with van der Waals surface area (Å²) >= 11 is 0. The molecule has 0 bridgehead atoms. The van der Waals surface area contributed by atoms with E-state index in [0.29, 0.717) is 17.7 Å². The number of nitrogens with one attached hydrogen (secondary N) is 1. The molecule has 0 radical (unpaired) electrons. The van der Waals surface area contributed by atoms with Crippen LogP contribution >= 0.6 is 49.6 Å². The van der Waals surface area contributed by atoms with Gasteiger partial charge in [-0.25, -0.2) is 4.98 Å². The molecule has 2 fully saturated rings. The largest absolute Gasteiger partial charge is 0.370 e. The first-order chi connectivity index (χ1) is 16.5. The lowest BCUT2D eigenvalue weighted by atomic mass is 10.0. The summed E-state index contributed by atoms with van der Waals surface area (Å²) in [6.07, 6.45) is 4.65. The van der Waals surface area contributed by atoms with Gasteiger partial charge in [-0.15, -0.1) is 49.6 Å². The summed E-state index contributed by atoms with van der Waals surface area (Å²) in [7, 11) is 6.12. The molecule has 38 heavy (non-hydrogen) atoms. The number of halogens is 4. The minimum atomic E-state index is -0.0575. The van der Waals surface area contributed by atoms with Crippen molar-refractivity contribution in [3.63, 3.8) is 0 Å². The van der Waals surface area contributed by atoms with Crippen LogP contribution in [0.4, 0.5) is 11.6 Å². The van der Waals surface area contributed by atoms with Crippen LogP contribution in [-0.2, 0) is 7.05 Å². The second kappa shape index (κ2) is 14.9. The monoisotopic (exact) mass is 603 g/mol. The van der Waals surface area contributed by atoms with E-state index in [0.717, 1.165) is 38.3 Å². The van der Waals surface area contributed by atoms with Gasteiger partial charge < -0.3 is 20.0 Å². The van der Waals surface area contributed by atoms with Gasteiger partial charge in [0, 0.05) is 81.6 Å². The maximum atomic E-state index is 12.7. The number of pyridine rings is 1. The molecule has 210 valence electrons. The van der Waals surface area contributed by atoms with Crippen molar-refractivity contribution in [2.75, 3.05) is 56.6 Å². The summed E-state index contributed by atoms with van der Waals surface area (Å²) in [6.45, 7) is 4.57. The topological polar surface area (TPSA) is 69.5 Å². The van der Waals surface area contributed by atoms with E-state index in [4.69, 9.17) is 4.98 Å². The number of nitrogens with zero attached hydrogens (tertiary/aromatic N) is 6. The lowest BCUT2D eigenvalue weighted by Crippen LogP contribution is -2.47. The predicted octanol–water partition coefficient (Wildman–Crippen LogP) is 3.82. The van der Waals surface area contributed by atoms with Gasteiger partial charge in [-0.3, -0.25) is 14.3 Å². The van der Waals surface area contributed by atoms with Crippen LogP contribution in [0.3, 0.4) is 0 Å². The zero-order valence-corrected chi connectivity index (χ0v) is 25.1. The molecule has 2 aliphatic heterocycles. The molecule has 0 saturated carbocycles. The van der Waals surface area contributed by atoms with E-state index in [2.05, 4.69) is 63.4 Å². The Labute approximate surface area is 249 Å². The number of hydrogen-bond acceptors (Lipinski definition) is 7. The molecule has 2 saturated heterocycles. The molecule has 3 aromatic rings. The molecule has 0 amide bonds. The highest BCUT2D eigenvalue weighted by molar-refractivity contribution is 5.86. The van der Waals surface area contributed by atoms with Crippen LogP contribution in [0.5, 0.6) is 0 Å². The zero-order valence-electron chi connectivity index (χ0n) is 21.8. The smallest absolute Gasteiger partial charge is 0.255 e. The van der Waals surface area contributed by atoms with Gasteiger partial charge in [0.1, 0.15) is 0 Å². The highest BCUT2D eigenvalue weighted by atomic mass is 35.5. The van der Waals surface area contributed by atoms with Gasteiger partial charge in [-0.05, 0) is 50.3 Å². The summed E-state index contributed by atoms with van der Waals surface area (Å²) < 4.78 is 1.64. The van der Waals surface area contributed by atoms with Crippen LogP contribution in [0.2, 0.25) is 0 Å². The Morgan fingerprint density at radius 1 is 0.921 bits per heavy atom. The Hall–Kier alpha value is -2.07. The number of aromatic nitrogens is 3. The van der Waals surface area contributed by atoms with E-state index in [1.54, 1.807) is 30.1 Å². The molecule has 0 spiro atoms. The third kappa shape index (κ3) is 7.31. The van der Waals surface area contributed by atoms with E-state index in [-0.39, 0.29) is 61.2 Å². The minimum Gasteiger partial charge on any atom is -0.370 e. The second-order valence-electron chi connectivity index (χ2n) is 9.47. The van der Waals surface area contributed by atoms with Gasteiger partial charge >= 0.3 is 0 Å². The van der Waals surface area contributed by atoms with E-state index < -0.39 is 0 Å². The number of rotatable bonds is 5. The van der Waals surface area contributed by atoms with Crippen molar-refractivity contribution in [3.05, 3.63) is 70.8 Å². The highest BCUT2D eigenvalue weighted by Crippen LogP contribution is 2.27. The molecule has 5 rings (SSSR count). The first-order valence-corrected chi connectivity index (χ1v) is 12.0. The summed E-state index contributed by atoms with van der Waals surface area (Å²) in [5.41, 5.74) is 4.07. The van der Waals surface area contributed by atoms with Crippen LogP contribution in [-0.4, -0.2) is 72.3 Å². The third-order valence-corrected chi connectivity index (χ3v) is 7.10. The quantitative estimate of drug-likeness (QED) is 0.475. The molecule has 12 heteroatoms. The molecule has 2 aromatic heterocycles. The Kier molecular flexibility index (Phi) is 13.3. The van der Waals surface area contributed by atoms with E-state index in [1.165, 1.54) is 17.7 Å². The van der Waals surface area contributed by atoms with Crippen LogP contribution in [0.1, 0.15) is 18.0 Å². The van der Waals surface area contributed by atoms with Gasteiger partial charge in [0.15, 0.2) is 0 Å². The fourth-order valence-corrected chi connectivity index (χ4v) is 4.95. The molecule has 0 aliphatic carbocycles. The standard InChI is InChI=1S/C26H33N7O.4ClH/c1-30(2)22-10-14-32(17-22)21-6-4-19(5-7-21)24-18-33(15-13-28-24)26-29-23(16-25(34)31(26)3)20-8-11-27-12-9-20;;;;/h4-9,11-12,16,22,24,28H,10,13-15,17-18H2,1-3H3;4*1H/t22-,24-;;;;/m1..../s1. The summed E-state index contributed by atoms with van der Waals surface area (Å²) in [5, 5.41) is 3.64. The average Bonchev–Trinajstić information content (AvgIpc) is 3.37. The highest BCUT2D eigenvalue weighted by Gasteiger charge is 2.26. The van der Waals surface area contributed by atoms with Crippen molar-refractivity contribution in [1.82, 2.24) is 24.8 Å². The van der Waals surface area contributed by atoms with E-state index in [1.807, 2.05) is 12.1 Å². The summed E-state index contributed by atoms with van der Waals surface area (Å²) in [6, 6.07) is 15.1. The lowest BCUT2D eigenvalue weighted by Gasteiger charge is -2.35. The molecule has 4 heterocycles. The van der Waals surface area contributed by atoms with Gasteiger partial charge in [0.2, 0.25) is 5.95 Å². The van der Waals surface area contributed by atoms with Crippen LogP contribution in [0, 0.1) is 0 Å². The van der Waals surface area contributed by atoms with Crippen molar-refractivity contribution >= 4 is 61.3 Å². The number of anilines is 2. The Balaban J connectivity index is 0.00000180. The molecular formula is C26H37Cl4N7O. The van der Waals surface area contributed by atoms with Crippen molar-refractivity contribution < 1.29 is 0 Å². The fourth-order valence-electron chi connectivity index (χ4n) is 4.95. The first kappa shape index (κ1) is 34.0. The van der Waals surface area contributed by atoms with Crippen LogP contribution in [0.25, 0.3) is 11.3 Å². The molecule has 2 aliphatic rings. The average molecular weight is 605 g/mol. The molecule has 1 aromatic carbocycles. The molecule has 0 unspecified atom stereocenters. The van der Waals surface area contributed by atoms with Crippen molar-refractivity contribution in [2.45, 2.75) is 18.5 Å². The number of likely N-dealkylation sites (N-methyl/N-ethyl adjacent to an activating group) is 1. The lowest BCUT2D eigenvalue weighted by molar-refractivity contribution is 0.315. The number of hydrogen-bond donors (Lipinski definition) is 1. The minimum absolute atomic E-state index is 0. The van der Waals surface area contributed by atoms with Crippen molar-refractivity contribution in [3.8, 4) is 11.3 Å². The van der Waals surface area contributed by atoms with Gasteiger partial charge in [-0.2, -0.15) is 0 Å². The Morgan fingerprint density at radius 2 is 1.61 bits per heavy atom. The van der Waals surface area contributed by atoms with Crippen molar-refractivity contribution in [1.29, 1.82) is 0 Å². The van der Waals surface area contributed by atoms with E-state index >= 15 is 0 Å². The van der Waals surface area contributed by atoms with Gasteiger partial charge in [0.25, 0.3) is 5.56 Å². The number of piperazine rings is 1. The fraction of sp³-hybridized carbons (Fsp3) is 0.423. The summed E-state index contributed by atoms with van der Waals surface area (Å²) in [4.78, 5) is 28.7. The predicted molar refractivity (Wildman–Crippen MR) is 165 cm³/mol. The van der Waals surface area contributed by atoms with Crippen LogP contribution in [0.15, 0.2) is 59.7 Å². The molecule has 2 atom stereocenters. The zero-order chi connectivity index (χ0) is 23.7. The van der Waals surface area contributed by atoms with E-state index in [9.17, 15) is 4.79 Å². The Morgan fingerprint density at radius 3 is 2.24 bits per heavy atom. The molecule has 8 nitrogen and oxygen atoms in total. The summed E-state index contributed by atoms with van der Waals surface area (Å²) in [5.74, 6) is 0.703. The SMILES string of the molecule is CN(C)[C@@H]1CCN(c2ccc([C@H]3CN(c4nc(-c5ccncc5)cc(=O)n4C)CCN3)cc2)C1.Cl.Cl.Cl.Cl. The number of benzene rings is 1. The van der Waals surface area contributed by atoms with Gasteiger partial charge in [0.05, 0.1) is 5.69 Å². The normalized spacial score (nSPS) is 18.6. The van der Waals surface area contributed by atoms with Gasteiger partial charge in [-0.1, -0.05) is 12.1 Å².